The molecule has 0 aromatic heterocycles. The van der Waals surface area contributed by atoms with Gasteiger partial charge in [0.1, 0.15) is 6.04 Å². The van der Waals surface area contributed by atoms with E-state index in [2.05, 4.69) is 21.2 Å². The highest BCUT2D eigenvalue weighted by Gasteiger charge is 2.27. The molecule has 2 amide bonds. The van der Waals surface area contributed by atoms with E-state index in [1.165, 1.54) is 4.31 Å². The van der Waals surface area contributed by atoms with E-state index in [4.69, 9.17) is 11.6 Å². The Morgan fingerprint density at radius 1 is 1.14 bits per heavy atom. The van der Waals surface area contributed by atoms with Gasteiger partial charge in [0.15, 0.2) is 0 Å². The Morgan fingerprint density at radius 2 is 1.81 bits per heavy atom. The Morgan fingerprint density at radius 3 is 2.42 bits per heavy atom. The van der Waals surface area contributed by atoms with Gasteiger partial charge < -0.3 is 10.2 Å². The predicted octanol–water partition coefficient (Wildman–Crippen LogP) is 5.29. The van der Waals surface area contributed by atoms with Crippen LogP contribution in [0.1, 0.15) is 51.2 Å². The highest BCUT2D eigenvalue weighted by atomic mass is 79.9. The molecule has 0 fully saturated rings. The molecular formula is C26H35BrClN3O4S. The van der Waals surface area contributed by atoms with E-state index in [-0.39, 0.29) is 43.8 Å². The summed E-state index contributed by atoms with van der Waals surface area (Å²) in [7, 11) is -3.59. The van der Waals surface area contributed by atoms with Gasteiger partial charge >= 0.3 is 0 Å². The minimum atomic E-state index is -3.59. The summed E-state index contributed by atoms with van der Waals surface area (Å²) < 4.78 is 27.2. The zero-order chi connectivity index (χ0) is 27.0. The van der Waals surface area contributed by atoms with Crippen LogP contribution in [0.4, 0.5) is 5.69 Å². The Labute approximate surface area is 228 Å². The molecule has 0 bridgehead atoms. The fourth-order valence-electron chi connectivity index (χ4n) is 3.73. The van der Waals surface area contributed by atoms with Gasteiger partial charge in [0, 0.05) is 35.0 Å². The summed E-state index contributed by atoms with van der Waals surface area (Å²) in [5, 5.41) is 3.42. The van der Waals surface area contributed by atoms with Crippen molar-refractivity contribution in [3.05, 3.63) is 63.1 Å². The van der Waals surface area contributed by atoms with Crippen LogP contribution in [-0.4, -0.2) is 50.0 Å². The molecule has 0 saturated carbocycles. The number of carbonyl (C=O) groups is 2. The second kappa shape index (κ2) is 13.4. The van der Waals surface area contributed by atoms with Gasteiger partial charge in [-0.05, 0) is 69.0 Å². The minimum Gasteiger partial charge on any atom is -0.352 e. The van der Waals surface area contributed by atoms with E-state index < -0.39 is 16.1 Å². The first kappa shape index (κ1) is 30.1. The summed E-state index contributed by atoms with van der Waals surface area (Å²) in [5.74, 6) is -0.446. The van der Waals surface area contributed by atoms with Gasteiger partial charge in [0.2, 0.25) is 21.8 Å². The Bertz CT molecular complexity index is 1180. The number of hydrogen-bond donors (Lipinski definition) is 1. The molecule has 2 aromatic rings. The number of hydrogen-bond acceptors (Lipinski definition) is 4. The van der Waals surface area contributed by atoms with E-state index in [1.807, 2.05) is 38.1 Å². The SMILES string of the molecule is CC[C@@H](C)NC(=O)[C@@H](C)N(Cc1cccc(Br)c1)C(=O)CCCN(c1cccc(Cl)c1C)S(C)(=O)=O. The van der Waals surface area contributed by atoms with E-state index in [1.54, 1.807) is 36.9 Å². The number of halogens is 2. The summed E-state index contributed by atoms with van der Waals surface area (Å²) in [6.07, 6.45) is 2.28. The summed E-state index contributed by atoms with van der Waals surface area (Å²) in [6.45, 7) is 7.75. The molecular weight excluding hydrogens is 566 g/mol. The molecule has 2 aromatic carbocycles. The van der Waals surface area contributed by atoms with Crippen molar-refractivity contribution in [1.82, 2.24) is 10.2 Å². The van der Waals surface area contributed by atoms with Crippen molar-refractivity contribution in [1.29, 1.82) is 0 Å². The van der Waals surface area contributed by atoms with Gasteiger partial charge in [-0.2, -0.15) is 0 Å². The third-order valence-electron chi connectivity index (χ3n) is 6.07. The molecule has 0 unspecified atom stereocenters. The zero-order valence-electron chi connectivity index (χ0n) is 21.4. The third kappa shape index (κ3) is 8.49. The Hall–Kier alpha value is -2.10. The lowest BCUT2D eigenvalue weighted by Crippen LogP contribution is -2.49. The highest BCUT2D eigenvalue weighted by molar-refractivity contribution is 9.10. The van der Waals surface area contributed by atoms with Crippen LogP contribution in [0.2, 0.25) is 5.02 Å². The molecule has 2 atom stereocenters. The first-order chi connectivity index (χ1) is 16.8. The Kier molecular flexibility index (Phi) is 11.3. The van der Waals surface area contributed by atoms with Crippen LogP contribution in [0.3, 0.4) is 0 Å². The number of anilines is 1. The number of benzene rings is 2. The summed E-state index contributed by atoms with van der Waals surface area (Å²) in [6, 6.07) is 12.0. The van der Waals surface area contributed by atoms with Crippen molar-refractivity contribution >= 4 is 55.1 Å². The highest BCUT2D eigenvalue weighted by Crippen LogP contribution is 2.28. The molecule has 0 radical (unpaired) electrons. The summed E-state index contributed by atoms with van der Waals surface area (Å²) >= 11 is 9.66. The quantitative estimate of drug-likeness (QED) is 0.359. The van der Waals surface area contributed by atoms with Crippen LogP contribution in [0.25, 0.3) is 0 Å². The number of amides is 2. The lowest BCUT2D eigenvalue weighted by Gasteiger charge is -2.30. The smallest absolute Gasteiger partial charge is 0.242 e. The number of nitrogens with zero attached hydrogens (tertiary/aromatic N) is 2. The average Bonchev–Trinajstić information content (AvgIpc) is 2.81. The van der Waals surface area contributed by atoms with Crippen molar-refractivity contribution in [3.63, 3.8) is 0 Å². The fraction of sp³-hybridized carbons (Fsp3) is 0.462. The maximum atomic E-state index is 13.4. The lowest BCUT2D eigenvalue weighted by atomic mass is 10.1. The molecule has 198 valence electrons. The van der Waals surface area contributed by atoms with E-state index in [0.717, 1.165) is 22.7 Å². The van der Waals surface area contributed by atoms with Gasteiger partial charge in [-0.25, -0.2) is 8.42 Å². The summed E-state index contributed by atoms with van der Waals surface area (Å²) in [4.78, 5) is 27.8. The fourth-order valence-corrected chi connectivity index (χ4v) is 5.36. The van der Waals surface area contributed by atoms with Crippen LogP contribution in [0.5, 0.6) is 0 Å². The largest absolute Gasteiger partial charge is 0.352 e. The monoisotopic (exact) mass is 599 g/mol. The van der Waals surface area contributed by atoms with Crippen molar-refractivity contribution < 1.29 is 18.0 Å². The number of rotatable bonds is 12. The maximum absolute atomic E-state index is 13.4. The molecule has 0 heterocycles. The van der Waals surface area contributed by atoms with E-state index in [0.29, 0.717) is 16.3 Å². The molecule has 1 N–H and O–H groups in total. The predicted molar refractivity (Wildman–Crippen MR) is 150 cm³/mol. The number of nitrogens with one attached hydrogen (secondary N) is 1. The maximum Gasteiger partial charge on any atom is 0.242 e. The topological polar surface area (TPSA) is 86.8 Å². The Balaban J connectivity index is 2.21. The first-order valence-corrected chi connectivity index (χ1v) is 14.9. The third-order valence-corrected chi connectivity index (χ3v) is 8.15. The van der Waals surface area contributed by atoms with Crippen LogP contribution < -0.4 is 9.62 Å². The molecule has 10 heteroatoms. The van der Waals surface area contributed by atoms with Gasteiger partial charge in [-0.3, -0.25) is 13.9 Å². The molecule has 2 rings (SSSR count). The van der Waals surface area contributed by atoms with E-state index in [9.17, 15) is 18.0 Å². The molecule has 0 aliphatic rings. The zero-order valence-corrected chi connectivity index (χ0v) is 24.6. The number of carbonyl (C=O) groups excluding carboxylic acids is 2. The van der Waals surface area contributed by atoms with Crippen molar-refractivity contribution in [3.8, 4) is 0 Å². The van der Waals surface area contributed by atoms with E-state index >= 15 is 0 Å². The normalized spacial score (nSPS) is 13.1. The summed E-state index contributed by atoms with van der Waals surface area (Å²) in [5.41, 5.74) is 2.03. The van der Waals surface area contributed by atoms with Crippen molar-refractivity contribution in [2.24, 2.45) is 0 Å². The molecule has 0 aliphatic carbocycles. The molecule has 36 heavy (non-hydrogen) atoms. The minimum absolute atomic E-state index is 0.00738. The first-order valence-electron chi connectivity index (χ1n) is 11.9. The van der Waals surface area contributed by atoms with Crippen molar-refractivity contribution in [2.75, 3.05) is 17.1 Å². The number of sulfonamides is 1. The molecule has 0 saturated heterocycles. The second-order valence-corrected chi connectivity index (χ2v) is 12.2. The molecule has 7 nitrogen and oxygen atoms in total. The van der Waals surface area contributed by atoms with Crippen LogP contribution in [-0.2, 0) is 26.2 Å². The van der Waals surface area contributed by atoms with Gasteiger partial charge in [0.05, 0.1) is 11.9 Å². The lowest BCUT2D eigenvalue weighted by molar-refractivity contribution is -0.140. The standard InChI is InChI=1S/C26H35BrClN3O4S/c1-6-18(2)29-26(33)20(4)30(17-21-10-7-11-22(27)16-21)25(32)14-9-15-31(36(5,34)35)24-13-8-12-23(28)19(24)3/h7-8,10-13,16,18,20H,6,9,14-15,17H2,1-5H3,(H,29,33)/t18-,20-/m1/s1. The van der Waals surface area contributed by atoms with Gasteiger partial charge in [-0.15, -0.1) is 0 Å². The van der Waals surface area contributed by atoms with Crippen LogP contribution in [0, 0.1) is 6.92 Å². The van der Waals surface area contributed by atoms with Crippen LogP contribution >= 0.6 is 27.5 Å². The second-order valence-electron chi connectivity index (χ2n) is 8.97. The van der Waals surface area contributed by atoms with Gasteiger partial charge in [-0.1, -0.05) is 52.7 Å². The molecule has 0 spiro atoms. The van der Waals surface area contributed by atoms with Crippen LogP contribution in [0.15, 0.2) is 46.9 Å². The van der Waals surface area contributed by atoms with Crippen molar-refractivity contribution in [2.45, 2.75) is 65.6 Å². The van der Waals surface area contributed by atoms with Gasteiger partial charge in [0.25, 0.3) is 0 Å². The molecule has 0 aliphatic heterocycles. The average molecular weight is 601 g/mol.